The third-order valence-electron chi connectivity index (χ3n) is 0.785. The Morgan fingerprint density at radius 1 is 1.64 bits per heavy atom. The highest BCUT2D eigenvalue weighted by Gasteiger charge is 2.04. The lowest BCUT2D eigenvalue weighted by Gasteiger charge is -2.03. The molecule has 0 rings (SSSR count). The van der Waals surface area contributed by atoms with Crippen LogP contribution in [0.25, 0.3) is 0 Å². The van der Waals surface area contributed by atoms with Gasteiger partial charge in [-0.2, -0.15) is 4.99 Å². The smallest absolute Gasteiger partial charge is 0.332 e. The van der Waals surface area contributed by atoms with Crippen molar-refractivity contribution < 1.29 is 14.3 Å². The summed E-state index contributed by atoms with van der Waals surface area (Å²) in [5.41, 5.74) is 0. The highest BCUT2D eigenvalue weighted by atomic mass is 16.6. The lowest BCUT2D eigenvalue weighted by atomic mass is 10.5. The molecular formula is C7H7NO3. The van der Waals surface area contributed by atoms with Crippen LogP contribution in [0.1, 0.15) is 0 Å². The molecule has 0 aromatic rings. The first kappa shape index (κ1) is 9.33. The van der Waals surface area contributed by atoms with Crippen molar-refractivity contribution in [3.8, 4) is 0 Å². The van der Waals surface area contributed by atoms with Crippen LogP contribution >= 0.6 is 0 Å². The molecule has 1 unspecified atom stereocenters. The van der Waals surface area contributed by atoms with Crippen molar-refractivity contribution in [1.29, 1.82) is 0 Å². The Morgan fingerprint density at radius 2 is 2.27 bits per heavy atom. The number of isocyanates is 1. The molecule has 0 saturated carbocycles. The first-order valence-corrected chi connectivity index (χ1v) is 2.77. The Labute approximate surface area is 63.9 Å². The van der Waals surface area contributed by atoms with Crippen LogP contribution < -0.4 is 0 Å². The molecule has 0 N–H and O–H groups in total. The first-order chi connectivity index (χ1) is 5.24. The molecule has 4 heteroatoms. The van der Waals surface area contributed by atoms with Gasteiger partial charge in [-0.25, -0.2) is 9.59 Å². The van der Waals surface area contributed by atoms with E-state index in [0.29, 0.717) is 0 Å². The van der Waals surface area contributed by atoms with Gasteiger partial charge in [-0.05, 0) is 6.08 Å². The van der Waals surface area contributed by atoms with E-state index in [0.717, 1.165) is 6.08 Å². The normalized spacial score (nSPS) is 10.5. The average Bonchev–Trinajstić information content (AvgIpc) is 2.03. The monoisotopic (exact) mass is 153 g/mol. The van der Waals surface area contributed by atoms with Gasteiger partial charge >= 0.3 is 5.97 Å². The Balaban J connectivity index is 4.07. The lowest BCUT2D eigenvalue weighted by Crippen LogP contribution is -2.10. The van der Waals surface area contributed by atoms with Gasteiger partial charge < -0.3 is 4.74 Å². The predicted molar refractivity (Wildman–Crippen MR) is 38.4 cm³/mol. The summed E-state index contributed by atoms with van der Waals surface area (Å²) in [5, 5.41) is 0. The minimum absolute atomic E-state index is 0.658. The van der Waals surface area contributed by atoms with E-state index in [1.165, 1.54) is 12.2 Å². The van der Waals surface area contributed by atoms with Gasteiger partial charge in [-0.15, -0.1) is 0 Å². The highest BCUT2D eigenvalue weighted by molar-refractivity contribution is 5.81. The number of ether oxygens (including phenoxy) is 1. The molecule has 0 radical (unpaired) electrons. The lowest BCUT2D eigenvalue weighted by molar-refractivity contribution is -0.140. The van der Waals surface area contributed by atoms with Crippen molar-refractivity contribution in [2.24, 2.45) is 4.99 Å². The van der Waals surface area contributed by atoms with Crippen LogP contribution in [0.3, 0.4) is 0 Å². The molecule has 4 nitrogen and oxygen atoms in total. The standard InChI is InChI=1S/C7H7NO3/c1-3-6(8-5-9)11-7(10)4-2/h3-4,6H,1-2H2. The van der Waals surface area contributed by atoms with Crippen LogP contribution in [0, 0.1) is 0 Å². The van der Waals surface area contributed by atoms with Gasteiger partial charge in [0.1, 0.15) is 0 Å². The zero-order chi connectivity index (χ0) is 8.69. The maximum atomic E-state index is 10.5. The molecule has 1 atom stereocenters. The summed E-state index contributed by atoms with van der Waals surface area (Å²) in [4.78, 5) is 23.3. The van der Waals surface area contributed by atoms with Crippen molar-refractivity contribution in [3.05, 3.63) is 25.3 Å². The van der Waals surface area contributed by atoms with Gasteiger partial charge in [0.15, 0.2) is 0 Å². The molecule has 0 aliphatic carbocycles. The number of esters is 1. The Hall–Kier alpha value is -1.67. The molecule has 0 spiro atoms. The predicted octanol–water partition coefficient (Wildman–Crippen LogP) is 0.563. The summed E-state index contributed by atoms with van der Waals surface area (Å²) in [7, 11) is 0. The third kappa shape index (κ3) is 3.83. The molecule has 0 aromatic carbocycles. The largest absolute Gasteiger partial charge is 0.432 e. The highest BCUT2D eigenvalue weighted by Crippen LogP contribution is 1.94. The zero-order valence-corrected chi connectivity index (χ0v) is 5.82. The number of rotatable bonds is 4. The topological polar surface area (TPSA) is 55.7 Å². The molecule has 0 amide bonds. The number of carbonyl (C=O) groups excluding carboxylic acids is 2. The molecule has 11 heavy (non-hydrogen) atoms. The maximum Gasteiger partial charge on any atom is 0.332 e. The van der Waals surface area contributed by atoms with E-state index in [1.54, 1.807) is 0 Å². The Kier molecular flexibility index (Phi) is 4.36. The van der Waals surface area contributed by atoms with Crippen molar-refractivity contribution in [3.63, 3.8) is 0 Å². The second-order valence-electron chi connectivity index (χ2n) is 1.49. The minimum atomic E-state index is -0.960. The summed E-state index contributed by atoms with van der Waals surface area (Å²) in [6, 6.07) is 0. The SMILES string of the molecule is C=CC(=O)OC(C=C)N=C=O. The second-order valence-corrected chi connectivity index (χ2v) is 1.49. The quantitative estimate of drug-likeness (QED) is 0.195. The van der Waals surface area contributed by atoms with Gasteiger partial charge in [-0.3, -0.25) is 0 Å². The summed E-state index contributed by atoms with van der Waals surface area (Å²) in [5.74, 6) is -0.658. The van der Waals surface area contributed by atoms with E-state index in [9.17, 15) is 9.59 Å². The number of hydrogen-bond donors (Lipinski definition) is 0. The average molecular weight is 153 g/mol. The van der Waals surface area contributed by atoms with E-state index in [-0.39, 0.29) is 0 Å². The van der Waals surface area contributed by atoms with Gasteiger partial charge in [0, 0.05) is 6.08 Å². The van der Waals surface area contributed by atoms with Gasteiger partial charge in [0.25, 0.3) is 0 Å². The van der Waals surface area contributed by atoms with Crippen LogP contribution in [0.4, 0.5) is 0 Å². The van der Waals surface area contributed by atoms with Gasteiger partial charge in [0.05, 0.1) is 0 Å². The number of hydrogen-bond acceptors (Lipinski definition) is 4. The maximum absolute atomic E-state index is 10.5. The molecule has 0 aliphatic rings. The van der Waals surface area contributed by atoms with Crippen molar-refractivity contribution in [2.45, 2.75) is 6.23 Å². The number of carbonyl (C=O) groups is 1. The Bertz CT molecular complexity index is 216. The van der Waals surface area contributed by atoms with Crippen LogP contribution in [-0.2, 0) is 14.3 Å². The number of aliphatic imine (C=N–C) groups is 1. The van der Waals surface area contributed by atoms with Crippen LogP contribution in [0.5, 0.6) is 0 Å². The van der Waals surface area contributed by atoms with Crippen LogP contribution in [-0.4, -0.2) is 18.3 Å². The van der Waals surface area contributed by atoms with Crippen LogP contribution in [0.2, 0.25) is 0 Å². The fraction of sp³-hybridized carbons (Fsp3) is 0.143. The van der Waals surface area contributed by atoms with E-state index >= 15 is 0 Å². The molecule has 58 valence electrons. The fourth-order valence-corrected chi connectivity index (χ4v) is 0.346. The first-order valence-electron chi connectivity index (χ1n) is 2.77. The molecule has 0 bridgehead atoms. The van der Waals surface area contributed by atoms with E-state index in [4.69, 9.17) is 0 Å². The molecule has 0 aromatic heterocycles. The summed E-state index contributed by atoms with van der Waals surface area (Å²) in [6.45, 7) is 6.44. The summed E-state index contributed by atoms with van der Waals surface area (Å²) < 4.78 is 4.49. The van der Waals surface area contributed by atoms with E-state index in [1.807, 2.05) is 0 Å². The third-order valence-corrected chi connectivity index (χ3v) is 0.785. The van der Waals surface area contributed by atoms with E-state index < -0.39 is 12.2 Å². The molecule has 0 heterocycles. The molecule has 0 aliphatic heterocycles. The van der Waals surface area contributed by atoms with E-state index in [2.05, 4.69) is 22.9 Å². The van der Waals surface area contributed by atoms with Crippen molar-refractivity contribution >= 4 is 12.0 Å². The van der Waals surface area contributed by atoms with Crippen LogP contribution in [0.15, 0.2) is 30.3 Å². The van der Waals surface area contributed by atoms with Crippen molar-refractivity contribution in [1.82, 2.24) is 0 Å². The zero-order valence-electron chi connectivity index (χ0n) is 5.82. The molecular weight excluding hydrogens is 146 g/mol. The van der Waals surface area contributed by atoms with Gasteiger partial charge in [0.2, 0.25) is 12.3 Å². The second kappa shape index (κ2) is 5.14. The minimum Gasteiger partial charge on any atom is -0.432 e. The molecule has 0 saturated heterocycles. The van der Waals surface area contributed by atoms with Crippen molar-refractivity contribution in [2.75, 3.05) is 0 Å². The Morgan fingerprint density at radius 3 is 2.64 bits per heavy atom. The van der Waals surface area contributed by atoms with Gasteiger partial charge in [-0.1, -0.05) is 13.2 Å². The summed E-state index contributed by atoms with van der Waals surface area (Å²) >= 11 is 0. The summed E-state index contributed by atoms with van der Waals surface area (Å²) in [6.07, 6.45) is 2.45. The number of nitrogens with zero attached hydrogens (tertiary/aromatic N) is 1. The fourth-order valence-electron chi connectivity index (χ4n) is 0.346. The molecule has 0 fully saturated rings.